The van der Waals surface area contributed by atoms with Crippen LogP contribution in [0.15, 0.2) is 48.5 Å². The van der Waals surface area contributed by atoms with E-state index in [2.05, 4.69) is 10.6 Å². The Bertz CT molecular complexity index is 784. The van der Waals surface area contributed by atoms with Gasteiger partial charge in [0.25, 0.3) is 5.91 Å². The van der Waals surface area contributed by atoms with Crippen molar-refractivity contribution in [2.75, 3.05) is 24.2 Å². The minimum Gasteiger partial charge on any atom is -0.399 e. The largest absolute Gasteiger partial charge is 0.399 e. The Labute approximate surface area is 159 Å². The maximum absolute atomic E-state index is 12.2. The molecule has 142 valence electrons. The summed E-state index contributed by atoms with van der Waals surface area (Å²) in [6, 6.07) is 14.4. The van der Waals surface area contributed by atoms with Crippen LogP contribution in [0, 0.1) is 0 Å². The van der Waals surface area contributed by atoms with Crippen LogP contribution in [-0.2, 0) is 16.0 Å². The van der Waals surface area contributed by atoms with E-state index in [0.29, 0.717) is 36.3 Å². The van der Waals surface area contributed by atoms with Gasteiger partial charge in [-0.05, 0) is 55.2 Å². The average molecular weight is 367 g/mol. The molecule has 2 aromatic carbocycles. The minimum atomic E-state index is -0.136. The lowest BCUT2D eigenvalue weighted by Gasteiger charge is -2.11. The van der Waals surface area contributed by atoms with Crippen molar-refractivity contribution < 1.29 is 14.3 Å². The molecule has 1 unspecified atom stereocenters. The first kappa shape index (κ1) is 18.9. The van der Waals surface area contributed by atoms with Crippen molar-refractivity contribution >= 4 is 23.2 Å². The molecule has 2 amide bonds. The summed E-state index contributed by atoms with van der Waals surface area (Å²) in [5.41, 5.74) is 8.78. The van der Waals surface area contributed by atoms with Crippen LogP contribution in [0.4, 0.5) is 11.4 Å². The molecule has 27 heavy (non-hydrogen) atoms. The fourth-order valence-electron chi connectivity index (χ4n) is 3.05. The zero-order valence-electron chi connectivity index (χ0n) is 15.2. The third kappa shape index (κ3) is 5.56. The van der Waals surface area contributed by atoms with E-state index in [1.54, 1.807) is 24.3 Å². The van der Waals surface area contributed by atoms with Crippen LogP contribution in [0.3, 0.4) is 0 Å². The molecular weight excluding hydrogens is 342 g/mol. The van der Waals surface area contributed by atoms with Crippen LogP contribution in [-0.4, -0.2) is 31.1 Å². The van der Waals surface area contributed by atoms with E-state index < -0.39 is 0 Å². The van der Waals surface area contributed by atoms with Crippen LogP contribution in [0.2, 0.25) is 0 Å². The second kappa shape index (κ2) is 9.19. The molecule has 1 fully saturated rings. The molecule has 0 aromatic heterocycles. The lowest BCUT2D eigenvalue weighted by molar-refractivity contribution is -0.116. The Morgan fingerprint density at radius 2 is 1.89 bits per heavy atom. The van der Waals surface area contributed by atoms with Gasteiger partial charge in [0.05, 0.1) is 6.10 Å². The summed E-state index contributed by atoms with van der Waals surface area (Å²) in [4.78, 5) is 24.3. The van der Waals surface area contributed by atoms with Gasteiger partial charge in [0.15, 0.2) is 0 Å². The maximum Gasteiger partial charge on any atom is 0.251 e. The van der Waals surface area contributed by atoms with Gasteiger partial charge >= 0.3 is 0 Å². The van der Waals surface area contributed by atoms with Gasteiger partial charge < -0.3 is 21.1 Å². The molecule has 6 heteroatoms. The summed E-state index contributed by atoms with van der Waals surface area (Å²) in [6.45, 7) is 1.30. The predicted molar refractivity (Wildman–Crippen MR) is 106 cm³/mol. The fourth-order valence-corrected chi connectivity index (χ4v) is 3.05. The average Bonchev–Trinajstić information content (AvgIpc) is 3.20. The van der Waals surface area contributed by atoms with Gasteiger partial charge in [0.1, 0.15) is 0 Å². The summed E-state index contributed by atoms with van der Waals surface area (Å²) < 4.78 is 5.49. The number of ether oxygens (including phenoxy) is 1. The normalized spacial score (nSPS) is 16.1. The van der Waals surface area contributed by atoms with Gasteiger partial charge in [0.2, 0.25) is 5.91 Å². The smallest absolute Gasteiger partial charge is 0.251 e. The molecule has 2 aromatic rings. The van der Waals surface area contributed by atoms with Crippen LogP contribution in [0.1, 0.15) is 35.2 Å². The third-order valence-corrected chi connectivity index (χ3v) is 4.62. The van der Waals surface area contributed by atoms with Crippen LogP contribution < -0.4 is 16.4 Å². The van der Waals surface area contributed by atoms with Crippen molar-refractivity contribution in [3.05, 3.63) is 59.7 Å². The highest BCUT2D eigenvalue weighted by atomic mass is 16.5. The number of nitrogens with two attached hydrogens (primary N) is 1. The first-order valence-corrected chi connectivity index (χ1v) is 9.25. The van der Waals surface area contributed by atoms with E-state index in [9.17, 15) is 9.59 Å². The van der Waals surface area contributed by atoms with Gasteiger partial charge in [-0.3, -0.25) is 9.59 Å². The monoisotopic (exact) mass is 367 g/mol. The maximum atomic E-state index is 12.2. The molecule has 4 N–H and O–H groups in total. The summed E-state index contributed by atoms with van der Waals surface area (Å²) in [5.74, 6) is -0.225. The van der Waals surface area contributed by atoms with E-state index in [-0.39, 0.29) is 17.9 Å². The van der Waals surface area contributed by atoms with Crippen molar-refractivity contribution in [3.63, 3.8) is 0 Å². The van der Waals surface area contributed by atoms with Gasteiger partial charge in [-0.1, -0.05) is 18.2 Å². The quantitative estimate of drug-likeness (QED) is 0.656. The molecule has 1 saturated heterocycles. The summed E-state index contributed by atoms with van der Waals surface area (Å²) in [5, 5.41) is 5.72. The lowest BCUT2D eigenvalue weighted by Crippen LogP contribution is -2.31. The molecule has 1 heterocycles. The Kier molecular flexibility index (Phi) is 6.44. The SMILES string of the molecule is Nc1ccccc1CCC(=O)Nc1ccc(C(=O)NCC2CCCO2)cc1. The number of hydrogen-bond acceptors (Lipinski definition) is 4. The van der Waals surface area contributed by atoms with E-state index in [1.807, 2.05) is 24.3 Å². The molecule has 0 radical (unpaired) electrons. The zero-order valence-corrected chi connectivity index (χ0v) is 15.2. The first-order chi connectivity index (χ1) is 13.1. The number of para-hydroxylation sites is 1. The molecule has 1 aliphatic rings. The van der Waals surface area contributed by atoms with Crippen LogP contribution in [0.5, 0.6) is 0 Å². The number of amides is 2. The molecule has 0 spiro atoms. The van der Waals surface area contributed by atoms with Crippen LogP contribution >= 0.6 is 0 Å². The number of anilines is 2. The highest BCUT2D eigenvalue weighted by Crippen LogP contribution is 2.15. The Balaban J connectivity index is 1.45. The molecular formula is C21H25N3O3. The van der Waals surface area contributed by atoms with Crippen molar-refractivity contribution in [1.82, 2.24) is 5.32 Å². The highest BCUT2D eigenvalue weighted by molar-refractivity contribution is 5.95. The second-order valence-electron chi connectivity index (χ2n) is 6.67. The number of nitrogen functional groups attached to an aromatic ring is 1. The number of carbonyl (C=O) groups excluding carboxylic acids is 2. The molecule has 6 nitrogen and oxygen atoms in total. The molecule has 1 aliphatic heterocycles. The van der Waals surface area contributed by atoms with Crippen molar-refractivity contribution in [2.24, 2.45) is 0 Å². The number of carbonyl (C=O) groups is 2. The highest BCUT2D eigenvalue weighted by Gasteiger charge is 2.16. The Morgan fingerprint density at radius 1 is 1.11 bits per heavy atom. The molecule has 0 saturated carbocycles. The minimum absolute atomic E-state index is 0.0890. The number of rotatable bonds is 7. The van der Waals surface area contributed by atoms with Gasteiger partial charge in [-0.2, -0.15) is 0 Å². The summed E-state index contributed by atoms with van der Waals surface area (Å²) in [7, 11) is 0. The molecule has 0 bridgehead atoms. The third-order valence-electron chi connectivity index (χ3n) is 4.62. The Hall–Kier alpha value is -2.86. The topological polar surface area (TPSA) is 93.5 Å². The number of nitrogens with one attached hydrogen (secondary N) is 2. The number of aryl methyl sites for hydroxylation is 1. The summed E-state index contributed by atoms with van der Waals surface area (Å²) in [6.07, 6.45) is 3.08. The second-order valence-corrected chi connectivity index (χ2v) is 6.67. The number of benzene rings is 2. The molecule has 3 rings (SSSR count). The van der Waals surface area contributed by atoms with E-state index >= 15 is 0 Å². The number of hydrogen-bond donors (Lipinski definition) is 3. The lowest BCUT2D eigenvalue weighted by atomic mass is 10.1. The fraction of sp³-hybridized carbons (Fsp3) is 0.333. The summed E-state index contributed by atoms with van der Waals surface area (Å²) >= 11 is 0. The van der Waals surface area contributed by atoms with E-state index in [4.69, 9.17) is 10.5 Å². The van der Waals surface area contributed by atoms with Crippen molar-refractivity contribution in [3.8, 4) is 0 Å². The first-order valence-electron chi connectivity index (χ1n) is 9.25. The van der Waals surface area contributed by atoms with Gasteiger partial charge in [-0.25, -0.2) is 0 Å². The van der Waals surface area contributed by atoms with E-state index in [0.717, 1.165) is 25.0 Å². The predicted octanol–water partition coefficient (Wildman–Crippen LogP) is 2.75. The Morgan fingerprint density at radius 3 is 2.59 bits per heavy atom. The van der Waals surface area contributed by atoms with Crippen molar-refractivity contribution in [1.29, 1.82) is 0 Å². The molecule has 0 aliphatic carbocycles. The molecule has 1 atom stereocenters. The van der Waals surface area contributed by atoms with Gasteiger partial charge in [-0.15, -0.1) is 0 Å². The van der Waals surface area contributed by atoms with Crippen LogP contribution in [0.25, 0.3) is 0 Å². The zero-order chi connectivity index (χ0) is 19.1. The van der Waals surface area contributed by atoms with E-state index in [1.165, 1.54) is 0 Å². The van der Waals surface area contributed by atoms with Crippen molar-refractivity contribution in [2.45, 2.75) is 31.8 Å². The van der Waals surface area contributed by atoms with Gasteiger partial charge in [0, 0.05) is 36.5 Å². The standard InChI is InChI=1S/C21H25N3O3/c22-19-6-2-1-4-15(19)9-12-20(25)24-17-10-7-16(8-11-17)21(26)23-14-18-5-3-13-27-18/h1-2,4,6-8,10-11,18H,3,5,9,12-14,22H2,(H,23,26)(H,24,25).